The molecular weight excluding hydrogens is 216 g/mol. The van der Waals surface area contributed by atoms with Gasteiger partial charge >= 0.3 is 0 Å². The minimum Gasteiger partial charge on any atom is -0.409 e. The number of anilines is 1. The van der Waals surface area contributed by atoms with Crippen molar-refractivity contribution in [3.05, 3.63) is 23.9 Å². The molecule has 2 aliphatic rings. The van der Waals surface area contributed by atoms with E-state index < -0.39 is 0 Å². The number of nitrogens with zero attached hydrogens (tertiary/aromatic N) is 3. The standard InChI is InChI=1S/C12H16N4O/c1-7-2-3-10(14-4-7)16-5-8-9(6-16)11(8)12(13)15-17/h2-4,8-9,11,17H,5-6H2,1H3,(H2,13,15)/t8-,9+,11-. The van der Waals surface area contributed by atoms with E-state index in [4.69, 9.17) is 10.9 Å². The van der Waals surface area contributed by atoms with Gasteiger partial charge in [-0.25, -0.2) is 4.98 Å². The largest absolute Gasteiger partial charge is 0.409 e. The number of fused-ring (bicyclic) bond motifs is 1. The summed E-state index contributed by atoms with van der Waals surface area (Å²) in [5.41, 5.74) is 6.81. The van der Waals surface area contributed by atoms with Gasteiger partial charge in [-0.15, -0.1) is 0 Å². The third-order valence-corrected chi connectivity index (χ3v) is 3.87. The Kier molecular flexibility index (Phi) is 2.21. The number of amidine groups is 1. The molecule has 1 saturated carbocycles. The lowest BCUT2D eigenvalue weighted by atomic mass is 10.2. The van der Waals surface area contributed by atoms with Crippen LogP contribution < -0.4 is 10.6 Å². The van der Waals surface area contributed by atoms with E-state index in [2.05, 4.69) is 27.2 Å². The molecule has 3 N–H and O–H groups in total. The second-order valence-corrected chi connectivity index (χ2v) is 4.98. The quantitative estimate of drug-likeness (QED) is 0.342. The van der Waals surface area contributed by atoms with Crippen LogP contribution in [0, 0.1) is 24.7 Å². The minimum absolute atomic E-state index is 0.279. The molecule has 1 aliphatic heterocycles. The molecule has 5 heteroatoms. The summed E-state index contributed by atoms with van der Waals surface area (Å²) in [6, 6.07) is 4.13. The van der Waals surface area contributed by atoms with E-state index in [9.17, 15) is 0 Å². The summed E-state index contributed by atoms with van der Waals surface area (Å²) in [7, 11) is 0. The summed E-state index contributed by atoms with van der Waals surface area (Å²) in [6.07, 6.45) is 1.89. The van der Waals surface area contributed by atoms with Crippen molar-refractivity contribution in [2.75, 3.05) is 18.0 Å². The molecule has 3 rings (SSSR count). The highest BCUT2D eigenvalue weighted by atomic mass is 16.4. The fourth-order valence-corrected chi connectivity index (χ4v) is 2.87. The molecule has 0 unspecified atom stereocenters. The molecule has 0 amide bonds. The Morgan fingerprint density at radius 3 is 2.71 bits per heavy atom. The van der Waals surface area contributed by atoms with Crippen LogP contribution in [0.5, 0.6) is 0 Å². The lowest BCUT2D eigenvalue weighted by molar-refractivity contribution is 0.315. The maximum atomic E-state index is 8.65. The first-order chi connectivity index (χ1) is 8.20. The molecule has 2 heterocycles. The highest BCUT2D eigenvalue weighted by Gasteiger charge is 2.58. The van der Waals surface area contributed by atoms with Crippen molar-refractivity contribution in [3.63, 3.8) is 0 Å². The van der Waals surface area contributed by atoms with Crippen molar-refractivity contribution in [2.45, 2.75) is 6.92 Å². The Hall–Kier alpha value is -1.78. The second-order valence-electron chi connectivity index (χ2n) is 4.98. The number of pyridine rings is 1. The predicted octanol–water partition coefficient (Wildman–Crippen LogP) is 0.819. The lowest BCUT2D eigenvalue weighted by Gasteiger charge is -2.20. The van der Waals surface area contributed by atoms with Crippen LogP contribution in [0.25, 0.3) is 0 Å². The zero-order valence-corrected chi connectivity index (χ0v) is 9.74. The van der Waals surface area contributed by atoms with Crippen LogP contribution in [-0.2, 0) is 0 Å². The van der Waals surface area contributed by atoms with Crippen molar-refractivity contribution in [2.24, 2.45) is 28.6 Å². The average molecular weight is 232 g/mol. The van der Waals surface area contributed by atoms with Crippen molar-refractivity contribution >= 4 is 11.7 Å². The van der Waals surface area contributed by atoms with Gasteiger partial charge in [-0.3, -0.25) is 0 Å². The van der Waals surface area contributed by atoms with Crippen molar-refractivity contribution in [1.82, 2.24) is 4.98 Å². The van der Waals surface area contributed by atoms with Crippen LogP contribution in [0.4, 0.5) is 5.82 Å². The average Bonchev–Trinajstić information content (AvgIpc) is 2.84. The molecule has 17 heavy (non-hydrogen) atoms. The van der Waals surface area contributed by atoms with Gasteiger partial charge in [0.1, 0.15) is 11.7 Å². The topological polar surface area (TPSA) is 74.7 Å². The molecular formula is C12H16N4O. The third-order valence-electron chi connectivity index (χ3n) is 3.87. The molecule has 90 valence electrons. The fraction of sp³-hybridized carbons (Fsp3) is 0.500. The van der Waals surface area contributed by atoms with E-state index in [1.165, 1.54) is 5.56 Å². The molecule has 0 bridgehead atoms. The molecule has 2 fully saturated rings. The van der Waals surface area contributed by atoms with Gasteiger partial charge < -0.3 is 15.8 Å². The van der Waals surface area contributed by atoms with E-state index in [1.54, 1.807) is 0 Å². The highest BCUT2D eigenvalue weighted by molar-refractivity contribution is 5.86. The van der Waals surface area contributed by atoms with E-state index in [0.717, 1.165) is 18.9 Å². The molecule has 0 radical (unpaired) electrons. The fourth-order valence-electron chi connectivity index (χ4n) is 2.87. The second kappa shape index (κ2) is 3.61. The van der Waals surface area contributed by atoms with Gasteiger partial charge in [-0.05, 0) is 30.4 Å². The number of hydrogen-bond acceptors (Lipinski definition) is 4. The number of piperidine rings is 1. The maximum Gasteiger partial charge on any atom is 0.142 e. The van der Waals surface area contributed by atoms with Gasteiger partial charge in [0.05, 0.1) is 0 Å². The zero-order valence-electron chi connectivity index (χ0n) is 9.74. The summed E-state index contributed by atoms with van der Waals surface area (Å²) < 4.78 is 0. The molecule has 0 aromatic carbocycles. The Bertz CT molecular complexity index is 444. The number of aryl methyl sites for hydroxylation is 1. The molecule has 1 aromatic heterocycles. The molecule has 5 nitrogen and oxygen atoms in total. The Balaban J connectivity index is 1.67. The SMILES string of the molecule is Cc1ccc(N2C[C@@H]3[C@H](C2)[C@@H]3/C(N)=N/O)nc1. The Labute approximate surface area is 99.9 Å². The van der Waals surface area contributed by atoms with Gasteiger partial charge in [-0.1, -0.05) is 11.2 Å². The first kappa shape index (κ1) is 10.4. The summed E-state index contributed by atoms with van der Waals surface area (Å²) >= 11 is 0. The molecule has 3 atom stereocenters. The molecule has 0 spiro atoms. The highest BCUT2D eigenvalue weighted by Crippen LogP contribution is 2.52. The van der Waals surface area contributed by atoms with Crippen molar-refractivity contribution in [3.8, 4) is 0 Å². The van der Waals surface area contributed by atoms with E-state index in [0.29, 0.717) is 17.7 Å². The summed E-state index contributed by atoms with van der Waals surface area (Å²) in [4.78, 5) is 6.69. The minimum atomic E-state index is 0.279. The van der Waals surface area contributed by atoms with Gasteiger partial charge in [0.25, 0.3) is 0 Å². The van der Waals surface area contributed by atoms with Crippen LogP contribution in [0.2, 0.25) is 0 Å². The Morgan fingerprint density at radius 1 is 1.47 bits per heavy atom. The van der Waals surface area contributed by atoms with Gasteiger partial charge in [0, 0.05) is 25.2 Å². The van der Waals surface area contributed by atoms with Crippen molar-refractivity contribution < 1.29 is 5.21 Å². The van der Waals surface area contributed by atoms with E-state index >= 15 is 0 Å². The van der Waals surface area contributed by atoms with Crippen LogP contribution in [0.3, 0.4) is 0 Å². The number of nitrogens with two attached hydrogens (primary N) is 1. The molecule has 1 saturated heterocycles. The number of oxime groups is 1. The first-order valence-electron chi connectivity index (χ1n) is 5.85. The van der Waals surface area contributed by atoms with E-state index in [1.807, 2.05) is 13.1 Å². The van der Waals surface area contributed by atoms with E-state index in [-0.39, 0.29) is 5.92 Å². The smallest absolute Gasteiger partial charge is 0.142 e. The predicted molar refractivity (Wildman–Crippen MR) is 65.1 cm³/mol. The van der Waals surface area contributed by atoms with Gasteiger partial charge in [-0.2, -0.15) is 0 Å². The normalized spacial score (nSPS) is 31.5. The van der Waals surface area contributed by atoms with Crippen LogP contribution in [0.1, 0.15) is 5.56 Å². The van der Waals surface area contributed by atoms with Gasteiger partial charge in [0.2, 0.25) is 0 Å². The third kappa shape index (κ3) is 1.62. The van der Waals surface area contributed by atoms with Crippen molar-refractivity contribution in [1.29, 1.82) is 0 Å². The molecule has 1 aromatic rings. The van der Waals surface area contributed by atoms with Gasteiger partial charge in [0.15, 0.2) is 0 Å². The maximum absolute atomic E-state index is 8.65. The number of hydrogen-bond donors (Lipinski definition) is 2. The zero-order chi connectivity index (χ0) is 12.0. The lowest BCUT2D eigenvalue weighted by Crippen LogP contribution is -2.29. The first-order valence-corrected chi connectivity index (χ1v) is 5.85. The summed E-state index contributed by atoms with van der Waals surface area (Å²) in [5.74, 6) is 2.77. The van der Waals surface area contributed by atoms with Crippen LogP contribution in [0.15, 0.2) is 23.5 Å². The van der Waals surface area contributed by atoms with Crippen LogP contribution in [-0.4, -0.2) is 29.1 Å². The van der Waals surface area contributed by atoms with Crippen LogP contribution >= 0.6 is 0 Å². The molecule has 1 aliphatic carbocycles. The number of rotatable bonds is 2. The summed E-state index contributed by atoms with van der Waals surface area (Å²) in [5, 5.41) is 11.8. The summed E-state index contributed by atoms with van der Waals surface area (Å²) in [6.45, 7) is 3.95. The monoisotopic (exact) mass is 232 g/mol. The Morgan fingerprint density at radius 2 is 2.18 bits per heavy atom. The number of aromatic nitrogens is 1.